The Bertz CT molecular complexity index is 1290. The summed E-state index contributed by atoms with van der Waals surface area (Å²) in [7, 11) is 1.84. The van der Waals surface area contributed by atoms with E-state index in [-0.39, 0.29) is 17.7 Å². The molecule has 160 valence electrons. The fraction of sp³-hybridized carbons (Fsp3) is 0.185. The molecule has 4 nitrogen and oxygen atoms in total. The highest BCUT2D eigenvalue weighted by Gasteiger charge is 2.36. The molecule has 1 N–H and O–H groups in total. The molecule has 5 heteroatoms. The summed E-state index contributed by atoms with van der Waals surface area (Å²) in [5, 5.41) is 12.7. The van der Waals surface area contributed by atoms with Crippen LogP contribution in [0, 0.1) is 0 Å². The third kappa shape index (κ3) is 3.82. The number of hydrogen-bond acceptors (Lipinski definition) is 3. The van der Waals surface area contributed by atoms with Gasteiger partial charge in [-0.3, -0.25) is 9.79 Å². The van der Waals surface area contributed by atoms with Crippen molar-refractivity contribution >= 4 is 34.0 Å². The SMILES string of the molecule is CN1C(=O)C(Cc2ccc3ccccc3c2)N=C(c2ccc(O)cc2)C2=CC(Cl)=CCC21. The highest BCUT2D eigenvalue weighted by Crippen LogP contribution is 2.32. The van der Waals surface area contributed by atoms with Crippen LogP contribution in [0.15, 0.2) is 94.5 Å². The summed E-state index contributed by atoms with van der Waals surface area (Å²) in [5.41, 5.74) is 3.61. The Morgan fingerprint density at radius 2 is 1.81 bits per heavy atom. The predicted octanol–water partition coefficient (Wildman–Crippen LogP) is 5.24. The highest BCUT2D eigenvalue weighted by atomic mass is 35.5. The molecule has 2 aliphatic rings. The standard InChI is InChI=1S/C27H23ClN2O2/c1-30-25-13-10-21(28)16-23(25)26(19-8-11-22(31)12-9-19)29-24(27(30)32)15-17-6-7-18-4-2-3-5-20(18)14-17/h2-12,14,16,24-25,31H,13,15H2,1H3. The van der Waals surface area contributed by atoms with E-state index < -0.39 is 6.04 Å². The number of carbonyl (C=O) groups is 1. The second kappa shape index (κ2) is 8.29. The van der Waals surface area contributed by atoms with Crippen LogP contribution < -0.4 is 0 Å². The number of fused-ring (bicyclic) bond motifs is 2. The predicted molar refractivity (Wildman–Crippen MR) is 129 cm³/mol. The van der Waals surface area contributed by atoms with Gasteiger partial charge in [0.25, 0.3) is 0 Å². The lowest BCUT2D eigenvalue weighted by Gasteiger charge is -2.30. The van der Waals surface area contributed by atoms with Crippen molar-refractivity contribution in [1.82, 2.24) is 4.90 Å². The van der Waals surface area contributed by atoms with Crippen LogP contribution in [0.5, 0.6) is 5.75 Å². The number of rotatable bonds is 3. The Morgan fingerprint density at radius 3 is 2.59 bits per heavy atom. The summed E-state index contributed by atoms with van der Waals surface area (Å²) in [6.07, 6.45) is 5.00. The topological polar surface area (TPSA) is 52.9 Å². The molecular weight excluding hydrogens is 420 g/mol. The Hall–Kier alpha value is -3.37. The van der Waals surface area contributed by atoms with Gasteiger partial charge >= 0.3 is 0 Å². The number of benzene rings is 3. The van der Waals surface area contributed by atoms with Crippen molar-refractivity contribution in [1.29, 1.82) is 0 Å². The first-order valence-electron chi connectivity index (χ1n) is 10.7. The molecule has 0 aromatic heterocycles. The quantitative estimate of drug-likeness (QED) is 0.603. The number of carbonyl (C=O) groups excluding carboxylic acids is 1. The van der Waals surface area contributed by atoms with E-state index in [4.69, 9.17) is 16.6 Å². The van der Waals surface area contributed by atoms with Crippen molar-refractivity contribution < 1.29 is 9.90 Å². The Morgan fingerprint density at radius 1 is 1.06 bits per heavy atom. The minimum absolute atomic E-state index is 0.00532. The second-order valence-corrected chi connectivity index (χ2v) is 8.75. The van der Waals surface area contributed by atoms with Crippen LogP contribution in [-0.4, -0.2) is 40.8 Å². The molecule has 3 aromatic rings. The molecule has 2 unspecified atom stereocenters. The van der Waals surface area contributed by atoms with E-state index in [1.54, 1.807) is 17.0 Å². The van der Waals surface area contributed by atoms with E-state index in [2.05, 4.69) is 30.3 Å². The summed E-state index contributed by atoms with van der Waals surface area (Å²) in [6, 6.07) is 20.8. The van der Waals surface area contributed by atoms with Crippen LogP contribution in [0.1, 0.15) is 17.5 Å². The van der Waals surface area contributed by atoms with Gasteiger partial charge in [0.2, 0.25) is 5.91 Å². The zero-order valence-corrected chi connectivity index (χ0v) is 18.5. The first kappa shape index (κ1) is 20.5. The number of nitrogens with zero attached hydrogens (tertiary/aromatic N) is 2. The Kier molecular flexibility index (Phi) is 5.32. The molecule has 0 saturated carbocycles. The molecule has 2 atom stereocenters. The Balaban J connectivity index is 1.60. The summed E-state index contributed by atoms with van der Waals surface area (Å²) in [4.78, 5) is 20.3. The molecule has 0 spiro atoms. The molecule has 1 aliphatic heterocycles. The zero-order valence-electron chi connectivity index (χ0n) is 17.7. The van der Waals surface area contributed by atoms with E-state index in [0.717, 1.165) is 27.8 Å². The monoisotopic (exact) mass is 442 g/mol. The molecule has 5 rings (SSSR count). The summed E-state index contributed by atoms with van der Waals surface area (Å²) >= 11 is 6.36. The van der Waals surface area contributed by atoms with Gasteiger partial charge in [-0.2, -0.15) is 0 Å². The van der Waals surface area contributed by atoms with Crippen molar-refractivity contribution in [3.63, 3.8) is 0 Å². The number of halogens is 1. The van der Waals surface area contributed by atoms with E-state index in [1.807, 2.05) is 43.5 Å². The number of amides is 1. The van der Waals surface area contributed by atoms with Crippen LogP contribution in [0.3, 0.4) is 0 Å². The maximum atomic E-state index is 13.5. The van der Waals surface area contributed by atoms with E-state index >= 15 is 0 Å². The lowest BCUT2D eigenvalue weighted by atomic mass is 9.90. The average Bonchev–Trinajstić information content (AvgIpc) is 2.90. The van der Waals surface area contributed by atoms with E-state index in [1.165, 1.54) is 5.39 Å². The highest BCUT2D eigenvalue weighted by molar-refractivity contribution is 6.32. The van der Waals surface area contributed by atoms with Gasteiger partial charge in [0.05, 0.1) is 11.8 Å². The first-order valence-corrected chi connectivity index (χ1v) is 11.1. The maximum Gasteiger partial charge on any atom is 0.247 e. The normalized spacial score (nSPS) is 20.9. The number of phenolic OH excluding ortho intramolecular Hbond substituents is 1. The number of aromatic hydroxyl groups is 1. The van der Waals surface area contributed by atoms with Crippen LogP contribution in [0.2, 0.25) is 0 Å². The number of likely N-dealkylation sites (N-methyl/N-ethyl adjacent to an activating group) is 1. The van der Waals surface area contributed by atoms with Gasteiger partial charge in [-0.15, -0.1) is 0 Å². The number of allylic oxidation sites excluding steroid dienone is 2. The van der Waals surface area contributed by atoms with Crippen LogP contribution in [0.4, 0.5) is 0 Å². The van der Waals surface area contributed by atoms with Crippen molar-refractivity contribution in [2.75, 3.05) is 7.05 Å². The summed E-state index contributed by atoms with van der Waals surface area (Å²) in [5.74, 6) is 0.185. The molecule has 32 heavy (non-hydrogen) atoms. The van der Waals surface area contributed by atoms with Crippen molar-refractivity contribution in [3.8, 4) is 5.75 Å². The molecular formula is C27H23ClN2O2. The van der Waals surface area contributed by atoms with Gasteiger partial charge in [-0.05, 0) is 53.1 Å². The second-order valence-electron chi connectivity index (χ2n) is 8.32. The lowest BCUT2D eigenvalue weighted by molar-refractivity contribution is -0.132. The zero-order chi connectivity index (χ0) is 22.2. The fourth-order valence-corrected chi connectivity index (χ4v) is 4.71. The summed E-state index contributed by atoms with van der Waals surface area (Å²) in [6.45, 7) is 0. The molecule has 3 aromatic carbocycles. The van der Waals surface area contributed by atoms with Crippen molar-refractivity contribution in [2.24, 2.45) is 4.99 Å². The lowest BCUT2D eigenvalue weighted by Crippen LogP contribution is -2.42. The van der Waals surface area contributed by atoms with Gasteiger partial charge in [0, 0.05) is 29.6 Å². The maximum absolute atomic E-state index is 13.5. The number of hydrogen-bond donors (Lipinski definition) is 1. The molecule has 1 aliphatic carbocycles. The van der Waals surface area contributed by atoms with Crippen molar-refractivity contribution in [3.05, 3.63) is 101 Å². The van der Waals surface area contributed by atoms with Gasteiger partial charge in [0.15, 0.2) is 0 Å². The molecule has 0 bridgehead atoms. The first-order chi connectivity index (χ1) is 15.5. The molecule has 0 fully saturated rings. The minimum atomic E-state index is -0.546. The largest absolute Gasteiger partial charge is 0.508 e. The summed E-state index contributed by atoms with van der Waals surface area (Å²) < 4.78 is 0. The van der Waals surface area contributed by atoms with Crippen molar-refractivity contribution in [2.45, 2.75) is 24.9 Å². The molecule has 1 amide bonds. The molecule has 0 saturated heterocycles. The Labute approximate surface area is 192 Å². The van der Waals surface area contributed by atoms with Gasteiger partial charge in [-0.25, -0.2) is 0 Å². The van der Waals surface area contributed by atoms with E-state index in [9.17, 15) is 9.90 Å². The minimum Gasteiger partial charge on any atom is -0.508 e. The van der Waals surface area contributed by atoms with Crippen LogP contribution >= 0.6 is 11.6 Å². The molecule has 1 heterocycles. The van der Waals surface area contributed by atoms with Gasteiger partial charge in [0.1, 0.15) is 11.8 Å². The van der Waals surface area contributed by atoms with Crippen LogP contribution in [-0.2, 0) is 11.2 Å². The third-order valence-electron chi connectivity index (χ3n) is 6.23. The fourth-order valence-electron chi connectivity index (χ4n) is 4.50. The smallest absolute Gasteiger partial charge is 0.247 e. The van der Waals surface area contributed by atoms with Gasteiger partial charge < -0.3 is 10.0 Å². The number of aliphatic imine (C=N–C) groups is 1. The third-order valence-corrected chi connectivity index (χ3v) is 6.49. The van der Waals surface area contributed by atoms with Gasteiger partial charge in [-0.1, -0.05) is 60.1 Å². The molecule has 0 radical (unpaired) electrons. The van der Waals surface area contributed by atoms with E-state index in [0.29, 0.717) is 17.9 Å². The average molecular weight is 443 g/mol. The van der Waals surface area contributed by atoms with Crippen LogP contribution in [0.25, 0.3) is 10.8 Å². The number of phenols is 1.